The Kier molecular flexibility index (Phi) is 70.5. The zero-order valence-electron chi connectivity index (χ0n) is 62.0. The van der Waals surface area contributed by atoms with Crippen molar-refractivity contribution in [3.05, 3.63) is 182 Å². The quantitative estimate of drug-likeness (QED) is 0.0211. The standard InChI is InChI=1S/C86H142NO8P/c1-6-8-10-12-14-16-18-20-22-24-26-28-30-32-34-36-38-40-41-42-43-44-45-47-48-50-52-54-56-58-60-62-64-66-68-70-72-74-76-78-85(88)92-82-84(83-94-96(90,91)93-81-80-87(3,4)5)95-86(89)79-77-75-73-71-69-67-65-63-61-59-57-55-53-51-49-46-39-37-35-33-31-29-27-25-23-21-19-17-15-13-11-9-7-2/h8-11,14-17,20-23,26-29,32-35,39,46,51,53,57,59,63,65,69,71,84H,6-7,12-13,18-19,24-25,30-31,36-38,40-45,47-50,52,54-56,58,60-62,64,66-68,70,72-83H2,1-5H3/p+1/b10-8-,11-9-,16-14-,17-15-,22-20-,23-21-,28-26-,29-27-,34-32-,35-33-,46-39-,53-51-,59-57-,65-63-,71-69-. The summed E-state index contributed by atoms with van der Waals surface area (Å²) >= 11 is 0. The second-order valence-electron chi connectivity index (χ2n) is 26.3. The zero-order valence-corrected chi connectivity index (χ0v) is 62.9. The first-order valence-corrected chi connectivity index (χ1v) is 40.0. The van der Waals surface area contributed by atoms with Crippen LogP contribution in [-0.2, 0) is 32.7 Å². The van der Waals surface area contributed by atoms with Gasteiger partial charge in [0.1, 0.15) is 19.8 Å². The highest BCUT2D eigenvalue weighted by molar-refractivity contribution is 7.47. The van der Waals surface area contributed by atoms with Crippen molar-refractivity contribution in [1.82, 2.24) is 0 Å². The van der Waals surface area contributed by atoms with E-state index in [-0.39, 0.29) is 32.0 Å². The second-order valence-corrected chi connectivity index (χ2v) is 27.7. The van der Waals surface area contributed by atoms with Crippen LogP contribution >= 0.6 is 7.82 Å². The van der Waals surface area contributed by atoms with Crippen LogP contribution in [0.2, 0.25) is 0 Å². The Hall–Kier alpha value is -4.89. The van der Waals surface area contributed by atoms with Crippen LogP contribution in [0.15, 0.2) is 182 Å². The first-order chi connectivity index (χ1) is 47.0. The number of allylic oxidation sites excluding steroid dienone is 30. The molecule has 0 aliphatic heterocycles. The van der Waals surface area contributed by atoms with Crippen LogP contribution in [0.4, 0.5) is 0 Å². The van der Waals surface area contributed by atoms with Gasteiger partial charge in [0.15, 0.2) is 6.10 Å². The van der Waals surface area contributed by atoms with Crippen LogP contribution in [-0.4, -0.2) is 74.9 Å². The SMILES string of the molecule is CC/C=C\C/C=C\C/C=C\C/C=C\C/C=C\C/C=C\C/C=C\C/C=C\C/C=C\C/C=C\CCCCC(=O)OC(COC(=O)CCCCCCCCCCCCCCCCCCCCCCCCC/C=C\C/C=C\C/C=C\C/C=C\C/C=C\CC)COP(=O)(O)OCC[N+](C)(C)C. The molecule has 0 radical (unpaired) electrons. The van der Waals surface area contributed by atoms with E-state index in [0.29, 0.717) is 17.4 Å². The van der Waals surface area contributed by atoms with Crippen molar-refractivity contribution in [2.24, 2.45) is 0 Å². The number of rotatable bonds is 69. The molecule has 0 aliphatic carbocycles. The molecule has 0 saturated heterocycles. The number of unbranched alkanes of at least 4 members (excludes halogenated alkanes) is 25. The number of hydrogen-bond acceptors (Lipinski definition) is 7. The van der Waals surface area contributed by atoms with Crippen molar-refractivity contribution >= 4 is 19.8 Å². The van der Waals surface area contributed by atoms with Gasteiger partial charge in [0.2, 0.25) is 0 Å². The molecule has 9 nitrogen and oxygen atoms in total. The maximum Gasteiger partial charge on any atom is 0.472 e. The van der Waals surface area contributed by atoms with Crippen molar-refractivity contribution in [3.63, 3.8) is 0 Å². The van der Waals surface area contributed by atoms with Gasteiger partial charge in [0, 0.05) is 12.8 Å². The third-order valence-corrected chi connectivity index (χ3v) is 16.9. The van der Waals surface area contributed by atoms with Gasteiger partial charge in [0.25, 0.3) is 0 Å². The molecular formula is C86H143NO8P+. The molecule has 0 aliphatic rings. The minimum atomic E-state index is -4.42. The van der Waals surface area contributed by atoms with E-state index in [9.17, 15) is 19.0 Å². The number of carbonyl (C=O) groups is 2. The maximum atomic E-state index is 12.9. The Labute approximate surface area is 591 Å². The average molecular weight is 1350 g/mol. The van der Waals surface area contributed by atoms with Gasteiger partial charge < -0.3 is 18.9 Å². The van der Waals surface area contributed by atoms with E-state index in [4.69, 9.17) is 18.5 Å². The van der Waals surface area contributed by atoms with Crippen LogP contribution in [0.5, 0.6) is 0 Å². The summed E-state index contributed by atoms with van der Waals surface area (Å²) in [5.74, 6) is -0.851. The molecule has 544 valence electrons. The van der Waals surface area contributed by atoms with Gasteiger partial charge in [-0.3, -0.25) is 18.6 Å². The number of likely N-dealkylation sites (N-methyl/N-ethyl adjacent to an activating group) is 1. The fraction of sp³-hybridized carbons (Fsp3) is 0.628. The number of quaternary nitrogens is 1. The smallest absolute Gasteiger partial charge is 0.462 e. The molecule has 0 aromatic carbocycles. The molecule has 10 heteroatoms. The molecule has 0 heterocycles. The number of esters is 2. The molecule has 0 amide bonds. The summed E-state index contributed by atoms with van der Waals surface area (Å²) in [6.07, 6.45) is 115. The molecule has 0 spiro atoms. The zero-order chi connectivity index (χ0) is 69.7. The van der Waals surface area contributed by atoms with Crippen molar-refractivity contribution in [3.8, 4) is 0 Å². The summed E-state index contributed by atoms with van der Waals surface area (Å²) in [5, 5.41) is 0. The lowest BCUT2D eigenvalue weighted by molar-refractivity contribution is -0.870. The Bertz CT molecular complexity index is 2280. The largest absolute Gasteiger partial charge is 0.472 e. The number of ether oxygens (including phenoxy) is 2. The molecule has 0 rings (SSSR count). The minimum Gasteiger partial charge on any atom is -0.462 e. The van der Waals surface area contributed by atoms with Crippen molar-refractivity contribution < 1.29 is 42.1 Å². The van der Waals surface area contributed by atoms with Crippen LogP contribution in [0.1, 0.15) is 296 Å². The molecule has 1 N–H and O–H groups in total. The lowest BCUT2D eigenvalue weighted by Crippen LogP contribution is -2.37. The highest BCUT2D eigenvalue weighted by Crippen LogP contribution is 2.43. The van der Waals surface area contributed by atoms with E-state index >= 15 is 0 Å². The summed E-state index contributed by atoms with van der Waals surface area (Å²) < 4.78 is 34.7. The monoisotopic (exact) mass is 1350 g/mol. The molecule has 96 heavy (non-hydrogen) atoms. The normalized spacial score (nSPS) is 14.1. The van der Waals surface area contributed by atoms with Gasteiger partial charge in [-0.15, -0.1) is 0 Å². The predicted molar refractivity (Wildman–Crippen MR) is 417 cm³/mol. The van der Waals surface area contributed by atoms with E-state index in [0.717, 1.165) is 128 Å². The minimum absolute atomic E-state index is 0.0152. The average Bonchev–Trinajstić information content (AvgIpc) is 1.48. The van der Waals surface area contributed by atoms with Crippen molar-refractivity contribution in [2.75, 3.05) is 47.5 Å². The van der Waals surface area contributed by atoms with E-state index in [1.54, 1.807) is 0 Å². The van der Waals surface area contributed by atoms with Crippen LogP contribution in [0.25, 0.3) is 0 Å². The summed E-state index contributed by atoms with van der Waals surface area (Å²) in [5.41, 5.74) is 0. The Balaban J connectivity index is 4.08. The van der Waals surface area contributed by atoms with Crippen molar-refractivity contribution in [2.45, 2.75) is 302 Å². The highest BCUT2D eigenvalue weighted by atomic mass is 31.2. The van der Waals surface area contributed by atoms with Gasteiger partial charge in [0.05, 0.1) is 27.7 Å². The van der Waals surface area contributed by atoms with Gasteiger partial charge in [-0.2, -0.15) is 0 Å². The van der Waals surface area contributed by atoms with Crippen LogP contribution < -0.4 is 0 Å². The van der Waals surface area contributed by atoms with Gasteiger partial charge in [-0.25, -0.2) is 4.57 Å². The predicted octanol–water partition coefficient (Wildman–Crippen LogP) is 25.8. The lowest BCUT2D eigenvalue weighted by atomic mass is 10.0. The summed E-state index contributed by atoms with van der Waals surface area (Å²) in [7, 11) is 1.43. The number of carbonyl (C=O) groups excluding carboxylic acids is 2. The molecule has 0 fully saturated rings. The molecule has 0 aromatic heterocycles. The number of phosphoric acid groups is 1. The van der Waals surface area contributed by atoms with Gasteiger partial charge >= 0.3 is 19.8 Å². The van der Waals surface area contributed by atoms with Gasteiger partial charge in [-0.1, -0.05) is 331 Å². The maximum absolute atomic E-state index is 12.9. The summed E-state index contributed by atoms with van der Waals surface area (Å²) in [6, 6.07) is 0. The van der Waals surface area contributed by atoms with Crippen LogP contribution in [0, 0.1) is 0 Å². The highest BCUT2D eigenvalue weighted by Gasteiger charge is 2.27. The molecule has 2 unspecified atom stereocenters. The lowest BCUT2D eigenvalue weighted by Gasteiger charge is -2.24. The second kappa shape index (κ2) is 74.3. The van der Waals surface area contributed by atoms with E-state index in [1.165, 1.54) is 135 Å². The topological polar surface area (TPSA) is 108 Å². The number of nitrogens with zero attached hydrogens (tertiary/aromatic N) is 1. The molecule has 0 saturated carbocycles. The van der Waals surface area contributed by atoms with E-state index < -0.39 is 26.5 Å². The number of hydrogen-bond donors (Lipinski definition) is 1. The fourth-order valence-corrected chi connectivity index (χ4v) is 10.9. The Morgan fingerprint density at radius 1 is 0.323 bits per heavy atom. The molecule has 0 aromatic rings. The molecule has 0 bridgehead atoms. The van der Waals surface area contributed by atoms with E-state index in [2.05, 4.69) is 196 Å². The Morgan fingerprint density at radius 2 is 0.562 bits per heavy atom. The van der Waals surface area contributed by atoms with E-state index in [1.807, 2.05) is 21.1 Å². The van der Waals surface area contributed by atoms with Gasteiger partial charge in [-0.05, 0) is 135 Å². The molecular weight excluding hydrogens is 1210 g/mol. The molecule has 2 atom stereocenters. The Morgan fingerprint density at radius 3 is 0.854 bits per heavy atom. The third-order valence-electron chi connectivity index (χ3n) is 15.9. The first-order valence-electron chi connectivity index (χ1n) is 38.5. The van der Waals surface area contributed by atoms with Crippen molar-refractivity contribution in [1.29, 1.82) is 0 Å². The first kappa shape index (κ1) is 91.1. The summed E-state index contributed by atoms with van der Waals surface area (Å²) in [6.45, 7) is 4.16. The third kappa shape index (κ3) is 78.1. The number of phosphoric ester groups is 1. The summed E-state index contributed by atoms with van der Waals surface area (Å²) in [4.78, 5) is 35.9. The fourth-order valence-electron chi connectivity index (χ4n) is 10.1. The van der Waals surface area contributed by atoms with Crippen LogP contribution in [0.3, 0.4) is 0 Å².